The second-order valence-corrected chi connectivity index (χ2v) is 5.81. The molecule has 1 aromatic heterocycles. The lowest BCUT2D eigenvalue weighted by Gasteiger charge is -2.16. The lowest BCUT2D eigenvalue weighted by Crippen LogP contribution is -2.38. The minimum atomic E-state index is 0. The first kappa shape index (κ1) is 23.9. The predicted octanol–water partition coefficient (Wildman–Crippen LogP) is 2.36. The van der Waals surface area contributed by atoms with Gasteiger partial charge in [0.2, 0.25) is 5.75 Å². The highest BCUT2D eigenvalue weighted by atomic mass is 127. The number of benzene rings is 1. The quantitative estimate of drug-likeness (QED) is 0.311. The number of halogens is 1. The summed E-state index contributed by atoms with van der Waals surface area (Å²) in [7, 11) is 6.76. The maximum Gasteiger partial charge on any atom is 0.203 e. The van der Waals surface area contributed by atoms with Crippen molar-refractivity contribution in [2.24, 2.45) is 12.0 Å². The number of hydrogen-bond acceptors (Lipinski definition) is 5. The molecule has 0 aliphatic rings. The molecular weight excluding hydrogens is 473 g/mol. The zero-order valence-corrected chi connectivity index (χ0v) is 19.4. The normalized spacial score (nSPS) is 10.8. The van der Waals surface area contributed by atoms with E-state index in [1.807, 2.05) is 36.9 Å². The molecule has 2 N–H and O–H groups in total. The van der Waals surface area contributed by atoms with E-state index in [-0.39, 0.29) is 24.0 Å². The summed E-state index contributed by atoms with van der Waals surface area (Å²) in [6.45, 7) is 4.09. The number of aromatic nitrogens is 2. The summed E-state index contributed by atoms with van der Waals surface area (Å²) in [6.07, 6.45) is 2.52. The molecule has 156 valence electrons. The van der Waals surface area contributed by atoms with Gasteiger partial charge in [-0.2, -0.15) is 5.10 Å². The van der Waals surface area contributed by atoms with E-state index in [4.69, 9.17) is 14.2 Å². The molecule has 0 saturated carbocycles. The molecule has 0 atom stereocenters. The van der Waals surface area contributed by atoms with Crippen LogP contribution in [0.3, 0.4) is 0 Å². The van der Waals surface area contributed by atoms with Crippen molar-refractivity contribution in [3.63, 3.8) is 0 Å². The van der Waals surface area contributed by atoms with E-state index in [0.29, 0.717) is 30.3 Å². The second kappa shape index (κ2) is 12.3. The SMILES string of the molecule is CCNC(=NCc1ccnn1C)NCCc1ccc(OC)c(OC)c1OC.I. The molecular formula is C19H30IN5O3. The molecule has 0 fully saturated rings. The van der Waals surface area contributed by atoms with Gasteiger partial charge in [0.25, 0.3) is 0 Å². The third-order valence-corrected chi connectivity index (χ3v) is 4.14. The number of aliphatic imine (C=N–C) groups is 1. The fourth-order valence-corrected chi connectivity index (χ4v) is 2.73. The number of aryl methyl sites for hydroxylation is 1. The maximum atomic E-state index is 5.54. The third kappa shape index (κ3) is 6.18. The first-order valence-electron chi connectivity index (χ1n) is 8.91. The first-order chi connectivity index (χ1) is 13.1. The molecule has 8 nitrogen and oxygen atoms in total. The predicted molar refractivity (Wildman–Crippen MR) is 121 cm³/mol. The lowest BCUT2D eigenvalue weighted by atomic mass is 10.1. The molecule has 0 bridgehead atoms. The molecule has 28 heavy (non-hydrogen) atoms. The van der Waals surface area contributed by atoms with Crippen molar-refractivity contribution in [1.82, 2.24) is 20.4 Å². The Morgan fingerprint density at radius 1 is 1.07 bits per heavy atom. The van der Waals surface area contributed by atoms with E-state index in [1.54, 1.807) is 27.5 Å². The summed E-state index contributed by atoms with van der Waals surface area (Å²) < 4.78 is 18.1. The van der Waals surface area contributed by atoms with Crippen LogP contribution < -0.4 is 24.8 Å². The number of rotatable bonds is 9. The molecule has 1 aromatic carbocycles. The van der Waals surface area contributed by atoms with Crippen molar-refractivity contribution in [3.05, 3.63) is 35.7 Å². The van der Waals surface area contributed by atoms with Crippen LogP contribution in [0.2, 0.25) is 0 Å². The molecule has 2 aromatic rings. The maximum absolute atomic E-state index is 5.54. The Morgan fingerprint density at radius 3 is 2.39 bits per heavy atom. The molecule has 0 aliphatic carbocycles. The summed E-state index contributed by atoms with van der Waals surface area (Å²) >= 11 is 0. The van der Waals surface area contributed by atoms with Crippen LogP contribution in [-0.4, -0.2) is 50.2 Å². The standard InChI is InChI=1S/C19H29N5O3.HI/c1-6-20-19(22-13-15-10-12-23-24(15)2)21-11-9-14-7-8-16(25-3)18(27-5)17(14)26-4;/h7-8,10,12H,6,9,11,13H2,1-5H3,(H2,20,21,22);1H. The summed E-state index contributed by atoms with van der Waals surface area (Å²) in [6, 6.07) is 5.83. The van der Waals surface area contributed by atoms with Crippen molar-refractivity contribution in [2.45, 2.75) is 19.9 Å². The second-order valence-electron chi connectivity index (χ2n) is 5.81. The van der Waals surface area contributed by atoms with E-state index in [1.165, 1.54) is 0 Å². The van der Waals surface area contributed by atoms with Crippen LogP contribution in [0.1, 0.15) is 18.2 Å². The van der Waals surface area contributed by atoms with Crippen molar-refractivity contribution in [2.75, 3.05) is 34.4 Å². The highest BCUT2D eigenvalue weighted by molar-refractivity contribution is 14.0. The average Bonchev–Trinajstić information content (AvgIpc) is 3.10. The first-order valence-corrected chi connectivity index (χ1v) is 8.91. The Balaban J connectivity index is 0.00000392. The van der Waals surface area contributed by atoms with Gasteiger partial charge >= 0.3 is 0 Å². The van der Waals surface area contributed by atoms with E-state index in [0.717, 1.165) is 30.2 Å². The van der Waals surface area contributed by atoms with Crippen molar-refractivity contribution >= 4 is 29.9 Å². The third-order valence-electron chi connectivity index (χ3n) is 4.14. The van der Waals surface area contributed by atoms with Gasteiger partial charge in [0.05, 0.1) is 33.6 Å². The largest absolute Gasteiger partial charge is 0.493 e. The molecule has 0 unspecified atom stereocenters. The van der Waals surface area contributed by atoms with Crippen LogP contribution in [0.4, 0.5) is 0 Å². The van der Waals surface area contributed by atoms with Gasteiger partial charge in [-0.05, 0) is 25.5 Å². The van der Waals surface area contributed by atoms with Crippen molar-refractivity contribution in [3.8, 4) is 17.2 Å². The zero-order valence-electron chi connectivity index (χ0n) is 17.1. The Bertz CT molecular complexity index is 764. The van der Waals surface area contributed by atoms with E-state index in [9.17, 15) is 0 Å². The number of nitrogens with one attached hydrogen (secondary N) is 2. The minimum Gasteiger partial charge on any atom is -0.493 e. The van der Waals surface area contributed by atoms with Crippen LogP contribution in [0.25, 0.3) is 0 Å². The Morgan fingerprint density at radius 2 is 1.82 bits per heavy atom. The molecule has 1 heterocycles. The Labute approximate surface area is 183 Å². The van der Waals surface area contributed by atoms with E-state index < -0.39 is 0 Å². The minimum absolute atomic E-state index is 0. The lowest BCUT2D eigenvalue weighted by molar-refractivity contribution is 0.322. The van der Waals surface area contributed by atoms with Crippen LogP contribution >= 0.6 is 24.0 Å². The van der Waals surface area contributed by atoms with Gasteiger partial charge < -0.3 is 24.8 Å². The van der Waals surface area contributed by atoms with Gasteiger partial charge in [-0.3, -0.25) is 4.68 Å². The fraction of sp³-hybridized carbons (Fsp3) is 0.474. The van der Waals surface area contributed by atoms with Gasteiger partial charge in [-0.25, -0.2) is 4.99 Å². The molecule has 0 radical (unpaired) electrons. The Kier molecular flexibility index (Phi) is 10.5. The fourth-order valence-electron chi connectivity index (χ4n) is 2.73. The highest BCUT2D eigenvalue weighted by Gasteiger charge is 2.15. The van der Waals surface area contributed by atoms with Gasteiger partial charge in [0.1, 0.15) is 0 Å². The van der Waals surface area contributed by atoms with Gasteiger partial charge in [0.15, 0.2) is 17.5 Å². The Hall–Kier alpha value is -2.17. The van der Waals surface area contributed by atoms with Crippen LogP contribution in [0.15, 0.2) is 29.4 Å². The number of hydrogen-bond donors (Lipinski definition) is 2. The molecule has 0 aliphatic heterocycles. The summed E-state index contributed by atoms with van der Waals surface area (Å²) in [4.78, 5) is 4.61. The zero-order chi connectivity index (χ0) is 19.6. The monoisotopic (exact) mass is 503 g/mol. The average molecular weight is 503 g/mol. The summed E-state index contributed by atoms with van der Waals surface area (Å²) in [5.41, 5.74) is 2.08. The highest BCUT2D eigenvalue weighted by Crippen LogP contribution is 2.39. The number of methoxy groups -OCH3 is 3. The van der Waals surface area contributed by atoms with Gasteiger partial charge in [0, 0.05) is 31.9 Å². The van der Waals surface area contributed by atoms with Crippen LogP contribution in [0, 0.1) is 0 Å². The molecule has 0 spiro atoms. The summed E-state index contributed by atoms with van der Waals surface area (Å²) in [5.74, 6) is 2.71. The summed E-state index contributed by atoms with van der Waals surface area (Å²) in [5, 5.41) is 10.8. The van der Waals surface area contributed by atoms with Crippen molar-refractivity contribution < 1.29 is 14.2 Å². The molecule has 2 rings (SSSR count). The molecule has 9 heteroatoms. The number of ether oxygens (including phenoxy) is 3. The van der Waals surface area contributed by atoms with E-state index in [2.05, 4.69) is 20.7 Å². The molecule has 0 amide bonds. The number of nitrogens with zero attached hydrogens (tertiary/aromatic N) is 3. The van der Waals surface area contributed by atoms with Gasteiger partial charge in [-0.15, -0.1) is 24.0 Å². The van der Waals surface area contributed by atoms with Crippen molar-refractivity contribution in [1.29, 1.82) is 0 Å². The topological polar surface area (TPSA) is 81.9 Å². The number of guanidine groups is 1. The molecule has 0 saturated heterocycles. The smallest absolute Gasteiger partial charge is 0.203 e. The van der Waals surface area contributed by atoms with Crippen LogP contribution in [-0.2, 0) is 20.0 Å². The van der Waals surface area contributed by atoms with Crippen LogP contribution in [0.5, 0.6) is 17.2 Å². The van der Waals surface area contributed by atoms with E-state index >= 15 is 0 Å². The van der Waals surface area contributed by atoms with Gasteiger partial charge in [-0.1, -0.05) is 6.07 Å².